The zero-order valence-corrected chi connectivity index (χ0v) is 48.3. The molecule has 1 rings (SSSR count). The van der Waals surface area contributed by atoms with Crippen LogP contribution in [0.1, 0.15) is 284 Å². The molecule has 0 aromatic heterocycles. The highest BCUT2D eigenvalue weighted by molar-refractivity contribution is 5.76. The molecular weight excluding hydrogens is 943 g/mol. The van der Waals surface area contributed by atoms with Gasteiger partial charge in [0.15, 0.2) is 6.29 Å². The molecule has 11 heteroatoms. The van der Waals surface area contributed by atoms with Gasteiger partial charge < -0.3 is 45.1 Å². The number of hydrogen-bond acceptors (Lipinski definition) is 10. The molecule has 7 unspecified atom stereocenters. The largest absolute Gasteiger partial charge is 0.466 e. The summed E-state index contributed by atoms with van der Waals surface area (Å²) in [5, 5.41) is 54.4. The highest BCUT2D eigenvalue weighted by atomic mass is 16.7. The first-order valence-electron chi connectivity index (χ1n) is 31.4. The van der Waals surface area contributed by atoms with Crippen LogP contribution >= 0.6 is 0 Å². The summed E-state index contributed by atoms with van der Waals surface area (Å²) in [5.41, 5.74) is 0. The van der Waals surface area contributed by atoms with Crippen molar-refractivity contribution < 1.29 is 49.3 Å². The van der Waals surface area contributed by atoms with Crippen LogP contribution in [-0.2, 0) is 23.8 Å². The van der Waals surface area contributed by atoms with Crippen LogP contribution in [0.3, 0.4) is 0 Å². The predicted molar refractivity (Wildman–Crippen MR) is 310 cm³/mol. The fourth-order valence-corrected chi connectivity index (χ4v) is 9.64. The van der Waals surface area contributed by atoms with E-state index in [1.807, 2.05) is 6.08 Å². The molecule has 1 amide bonds. The van der Waals surface area contributed by atoms with Crippen molar-refractivity contribution in [2.75, 3.05) is 19.8 Å². The maximum atomic E-state index is 13.0. The van der Waals surface area contributed by atoms with E-state index in [0.717, 1.165) is 89.9 Å². The number of carbonyl (C=O) groups is 2. The smallest absolute Gasteiger partial charge is 0.305 e. The van der Waals surface area contributed by atoms with E-state index < -0.39 is 49.5 Å². The van der Waals surface area contributed by atoms with E-state index in [4.69, 9.17) is 14.2 Å². The maximum Gasteiger partial charge on any atom is 0.305 e. The lowest BCUT2D eigenvalue weighted by molar-refractivity contribution is -0.302. The Kier molecular flexibility index (Phi) is 50.5. The van der Waals surface area contributed by atoms with Gasteiger partial charge in [-0.25, -0.2) is 0 Å². The molecule has 0 spiro atoms. The van der Waals surface area contributed by atoms with Gasteiger partial charge in [-0.05, 0) is 83.5 Å². The van der Waals surface area contributed by atoms with Crippen molar-refractivity contribution in [1.29, 1.82) is 0 Å². The third kappa shape index (κ3) is 43.2. The Morgan fingerprint density at radius 3 is 1.32 bits per heavy atom. The summed E-state index contributed by atoms with van der Waals surface area (Å²) < 4.78 is 16.7. The average molecular weight is 1060 g/mol. The average Bonchev–Trinajstić information content (AvgIpc) is 3.41. The van der Waals surface area contributed by atoms with Gasteiger partial charge in [0.25, 0.3) is 0 Å². The van der Waals surface area contributed by atoms with Gasteiger partial charge in [-0.3, -0.25) is 9.59 Å². The molecule has 1 aliphatic rings. The zero-order chi connectivity index (χ0) is 54.5. The maximum absolute atomic E-state index is 13.0. The van der Waals surface area contributed by atoms with Crippen LogP contribution in [0.4, 0.5) is 0 Å². The van der Waals surface area contributed by atoms with E-state index in [2.05, 4.69) is 55.6 Å². The summed E-state index contributed by atoms with van der Waals surface area (Å²) in [6.45, 7) is 4.30. The second-order valence-electron chi connectivity index (χ2n) is 21.7. The van der Waals surface area contributed by atoms with Gasteiger partial charge in [0, 0.05) is 12.8 Å². The number of carbonyl (C=O) groups excluding carboxylic acids is 2. The lowest BCUT2D eigenvalue weighted by Crippen LogP contribution is -2.60. The van der Waals surface area contributed by atoms with Gasteiger partial charge in [-0.15, -0.1) is 0 Å². The molecule has 0 radical (unpaired) electrons. The molecule has 0 aliphatic carbocycles. The Balaban J connectivity index is 2.11. The Hall–Kier alpha value is -2.38. The van der Waals surface area contributed by atoms with Gasteiger partial charge in [-0.1, -0.05) is 236 Å². The van der Waals surface area contributed by atoms with Gasteiger partial charge in [-0.2, -0.15) is 0 Å². The summed E-state index contributed by atoms with van der Waals surface area (Å²) >= 11 is 0. The molecule has 75 heavy (non-hydrogen) atoms. The number of aliphatic hydroxyl groups is 5. The van der Waals surface area contributed by atoms with Crippen molar-refractivity contribution in [3.8, 4) is 0 Å². The lowest BCUT2D eigenvalue weighted by Gasteiger charge is -2.40. The Bertz CT molecular complexity index is 1390. The molecule has 1 aliphatic heterocycles. The number of rotatable bonds is 54. The van der Waals surface area contributed by atoms with Crippen LogP contribution in [-0.4, -0.2) is 100 Å². The van der Waals surface area contributed by atoms with Gasteiger partial charge in [0.1, 0.15) is 24.4 Å². The number of unbranched alkanes of at least 4 members (excludes halogenated alkanes) is 34. The van der Waals surface area contributed by atoms with Crippen LogP contribution in [0, 0.1) is 0 Å². The fourth-order valence-electron chi connectivity index (χ4n) is 9.64. The monoisotopic (exact) mass is 1060 g/mol. The van der Waals surface area contributed by atoms with E-state index in [9.17, 15) is 35.1 Å². The summed E-state index contributed by atoms with van der Waals surface area (Å²) in [4.78, 5) is 25.1. The lowest BCUT2D eigenvalue weighted by atomic mass is 9.99. The number of amides is 1. The minimum atomic E-state index is -1.58. The van der Waals surface area contributed by atoms with Crippen LogP contribution in [0.5, 0.6) is 0 Å². The molecule has 1 heterocycles. The Morgan fingerprint density at radius 2 is 0.867 bits per heavy atom. The molecule has 1 saturated heterocycles. The van der Waals surface area contributed by atoms with E-state index in [1.54, 1.807) is 6.08 Å². The van der Waals surface area contributed by atoms with Crippen molar-refractivity contribution in [3.63, 3.8) is 0 Å². The van der Waals surface area contributed by atoms with Crippen molar-refractivity contribution in [1.82, 2.24) is 5.32 Å². The van der Waals surface area contributed by atoms with Crippen molar-refractivity contribution >= 4 is 11.9 Å². The molecule has 438 valence electrons. The minimum Gasteiger partial charge on any atom is -0.466 e. The Labute approximate surface area is 459 Å². The first-order chi connectivity index (χ1) is 36.7. The molecule has 0 aromatic rings. The summed E-state index contributed by atoms with van der Waals surface area (Å²) in [6, 6.07) is -0.841. The highest BCUT2D eigenvalue weighted by Crippen LogP contribution is 2.23. The van der Waals surface area contributed by atoms with Crippen LogP contribution in [0.15, 0.2) is 48.6 Å². The molecule has 6 N–H and O–H groups in total. The van der Waals surface area contributed by atoms with Gasteiger partial charge >= 0.3 is 5.97 Å². The first kappa shape index (κ1) is 70.6. The van der Waals surface area contributed by atoms with E-state index in [-0.39, 0.29) is 18.5 Å². The molecule has 7 atom stereocenters. The zero-order valence-electron chi connectivity index (χ0n) is 48.3. The second-order valence-corrected chi connectivity index (χ2v) is 21.7. The number of ether oxygens (including phenoxy) is 3. The number of esters is 1. The molecule has 11 nitrogen and oxygen atoms in total. The quantitative estimate of drug-likeness (QED) is 0.0195. The summed E-state index contributed by atoms with van der Waals surface area (Å²) in [7, 11) is 0. The SMILES string of the molecule is CCCCCCC/C=C/CC/C=C/CC/C=C/C(O)C(COC1OC(CO)C(O)C(O)C1O)NC(=O)CCCCCCCCC/C=C\CCCCCCCCCCCCOC(=O)CCCCCCCCCCCCC. The van der Waals surface area contributed by atoms with Crippen LogP contribution in [0.25, 0.3) is 0 Å². The summed E-state index contributed by atoms with van der Waals surface area (Å²) in [5.74, 6) is -0.210. The van der Waals surface area contributed by atoms with Crippen molar-refractivity contribution in [2.45, 2.75) is 326 Å². The van der Waals surface area contributed by atoms with Crippen LogP contribution in [0.2, 0.25) is 0 Å². The normalized spacial score (nSPS) is 19.1. The van der Waals surface area contributed by atoms with E-state index in [0.29, 0.717) is 19.4 Å². The van der Waals surface area contributed by atoms with E-state index in [1.165, 1.54) is 167 Å². The minimum absolute atomic E-state index is 0.00637. The first-order valence-corrected chi connectivity index (χ1v) is 31.4. The predicted octanol–water partition coefficient (Wildman–Crippen LogP) is 14.8. The molecule has 1 fully saturated rings. The third-order valence-electron chi connectivity index (χ3n) is 14.6. The number of allylic oxidation sites excluding steroid dienone is 7. The van der Waals surface area contributed by atoms with Crippen molar-refractivity contribution in [2.24, 2.45) is 0 Å². The van der Waals surface area contributed by atoms with Crippen LogP contribution < -0.4 is 5.32 Å². The standard InChI is InChI=1S/C64H117NO10/c1-3-5-7-9-11-13-15-16-24-27-31-34-38-42-46-50-57(67)56(55-74-64-63(72)62(71)61(70)58(54-66)75-64)65-59(68)51-47-43-39-35-32-28-25-22-20-18-17-19-21-23-26-29-33-37-41-45-49-53-73-60(69)52-48-44-40-36-30-14-12-10-8-6-4-2/h15-16,18,20,31,34,46,50,56-58,61-64,66-67,70-72H,3-14,17,19,21-30,32-33,35-45,47-49,51-55H2,1-2H3,(H,65,68)/b16-15+,20-18-,34-31+,50-46+. The highest BCUT2D eigenvalue weighted by Gasteiger charge is 2.44. The second kappa shape index (κ2) is 53.6. The Morgan fingerprint density at radius 1 is 0.480 bits per heavy atom. The van der Waals surface area contributed by atoms with E-state index >= 15 is 0 Å². The molecule has 0 aromatic carbocycles. The number of nitrogens with one attached hydrogen (secondary N) is 1. The molecule has 0 bridgehead atoms. The molecule has 0 saturated carbocycles. The van der Waals surface area contributed by atoms with Crippen molar-refractivity contribution in [3.05, 3.63) is 48.6 Å². The topological polar surface area (TPSA) is 175 Å². The van der Waals surface area contributed by atoms with Gasteiger partial charge in [0.05, 0.1) is 32.0 Å². The fraction of sp³-hybridized carbons (Fsp3) is 0.844. The number of hydrogen-bond donors (Lipinski definition) is 6. The number of aliphatic hydroxyl groups excluding tert-OH is 5. The molecular formula is C64H117NO10. The van der Waals surface area contributed by atoms with Gasteiger partial charge in [0.2, 0.25) is 5.91 Å². The third-order valence-corrected chi connectivity index (χ3v) is 14.6. The summed E-state index contributed by atoms with van der Waals surface area (Å²) in [6.07, 6.45) is 57.7.